The minimum Gasteiger partial charge on any atom is -0.508 e. The van der Waals surface area contributed by atoms with Crippen LogP contribution in [0.15, 0.2) is 47.1 Å². The number of carbonyl (C=O) groups is 2. The lowest BCUT2D eigenvalue weighted by atomic mass is 10.1. The number of rotatable bonds is 5. The third-order valence-electron chi connectivity index (χ3n) is 4.03. The van der Waals surface area contributed by atoms with Gasteiger partial charge in [-0.05, 0) is 30.3 Å². The first kappa shape index (κ1) is 16.0. The van der Waals surface area contributed by atoms with Gasteiger partial charge in [0.1, 0.15) is 11.3 Å². The summed E-state index contributed by atoms with van der Waals surface area (Å²) in [7, 11) is 0. The minimum absolute atomic E-state index is 0.0355. The van der Waals surface area contributed by atoms with Crippen LogP contribution in [0.1, 0.15) is 15.9 Å². The Morgan fingerprint density at radius 1 is 1.08 bits per heavy atom. The Labute approximate surface area is 147 Å². The minimum atomic E-state index is -0.546. The lowest BCUT2D eigenvalue weighted by Gasteiger charge is -2.05. The van der Waals surface area contributed by atoms with Crippen molar-refractivity contribution in [2.24, 2.45) is 0 Å². The highest BCUT2D eigenvalue weighted by atomic mass is 16.7. The summed E-state index contributed by atoms with van der Waals surface area (Å²) in [6.07, 6.45) is 1.40. The molecule has 0 bridgehead atoms. The topological polar surface area (TPSA) is 95.2 Å². The second-order valence-corrected chi connectivity index (χ2v) is 5.77. The molecule has 0 amide bonds. The number of hydrogen-bond acceptors (Lipinski definition) is 7. The van der Waals surface area contributed by atoms with Gasteiger partial charge < -0.3 is 23.7 Å². The average Bonchev–Trinajstić information content (AvgIpc) is 3.25. The Morgan fingerprint density at radius 2 is 1.92 bits per heavy atom. The van der Waals surface area contributed by atoms with E-state index in [4.69, 9.17) is 18.6 Å². The predicted molar refractivity (Wildman–Crippen MR) is 89.4 cm³/mol. The van der Waals surface area contributed by atoms with Crippen molar-refractivity contribution < 1.29 is 33.3 Å². The number of benzene rings is 2. The van der Waals surface area contributed by atoms with E-state index in [0.29, 0.717) is 33.6 Å². The number of fused-ring (bicyclic) bond motifs is 2. The summed E-state index contributed by atoms with van der Waals surface area (Å²) in [5, 5.41) is 10.1. The maximum Gasteiger partial charge on any atom is 0.310 e. The van der Waals surface area contributed by atoms with Crippen LogP contribution in [-0.2, 0) is 16.0 Å². The Bertz CT molecular complexity index is 1000. The molecular weight excluding hydrogens is 340 g/mol. The monoisotopic (exact) mass is 354 g/mol. The van der Waals surface area contributed by atoms with E-state index in [0.717, 1.165) is 0 Å². The first-order chi connectivity index (χ1) is 12.6. The molecule has 132 valence electrons. The van der Waals surface area contributed by atoms with Crippen molar-refractivity contribution in [2.75, 3.05) is 13.4 Å². The van der Waals surface area contributed by atoms with Crippen LogP contribution in [0.5, 0.6) is 17.2 Å². The number of carbonyl (C=O) groups excluding carboxylic acids is 2. The molecule has 0 saturated carbocycles. The summed E-state index contributed by atoms with van der Waals surface area (Å²) in [5.41, 5.74) is 1.48. The van der Waals surface area contributed by atoms with Gasteiger partial charge in [0, 0.05) is 22.6 Å². The molecule has 0 aliphatic carbocycles. The van der Waals surface area contributed by atoms with Crippen LogP contribution in [0.3, 0.4) is 0 Å². The molecule has 0 spiro atoms. The molecule has 0 radical (unpaired) electrons. The van der Waals surface area contributed by atoms with Crippen LogP contribution >= 0.6 is 0 Å². The zero-order valence-electron chi connectivity index (χ0n) is 13.6. The fourth-order valence-electron chi connectivity index (χ4n) is 2.71. The van der Waals surface area contributed by atoms with Gasteiger partial charge in [-0.1, -0.05) is 0 Å². The van der Waals surface area contributed by atoms with Crippen molar-refractivity contribution >= 4 is 22.7 Å². The fourth-order valence-corrected chi connectivity index (χ4v) is 2.71. The molecule has 4 rings (SSSR count). The third-order valence-corrected chi connectivity index (χ3v) is 4.03. The van der Waals surface area contributed by atoms with E-state index in [1.54, 1.807) is 24.3 Å². The number of furan rings is 1. The second kappa shape index (κ2) is 6.44. The van der Waals surface area contributed by atoms with Crippen molar-refractivity contribution in [1.82, 2.24) is 0 Å². The standard InChI is InChI=1S/C19H14O7/c20-13-2-3-14-12(8-23-17(14)7-13)6-19(22)24-9-15(21)11-1-4-16-18(5-11)26-10-25-16/h1-5,7-8,20H,6,9-10H2. The number of hydrogen-bond donors (Lipinski definition) is 1. The average molecular weight is 354 g/mol. The molecule has 2 aromatic carbocycles. The maximum atomic E-state index is 12.2. The molecule has 3 aromatic rings. The van der Waals surface area contributed by atoms with E-state index in [-0.39, 0.29) is 31.4 Å². The SMILES string of the molecule is O=C(Cc1coc2cc(O)ccc12)OCC(=O)c1ccc2c(c1)OCO2. The quantitative estimate of drug-likeness (QED) is 0.556. The van der Waals surface area contributed by atoms with E-state index < -0.39 is 5.97 Å². The fraction of sp³-hybridized carbons (Fsp3) is 0.158. The molecule has 7 nitrogen and oxygen atoms in total. The van der Waals surface area contributed by atoms with Gasteiger partial charge in [-0.25, -0.2) is 0 Å². The van der Waals surface area contributed by atoms with Gasteiger partial charge in [-0.3, -0.25) is 9.59 Å². The van der Waals surface area contributed by atoms with Gasteiger partial charge in [0.15, 0.2) is 23.9 Å². The molecule has 0 unspecified atom stereocenters. The van der Waals surface area contributed by atoms with Crippen molar-refractivity contribution in [3.8, 4) is 17.2 Å². The molecular formula is C19H14O7. The number of ether oxygens (including phenoxy) is 3. The highest BCUT2D eigenvalue weighted by molar-refractivity contribution is 5.98. The molecule has 1 aliphatic rings. The summed E-state index contributed by atoms with van der Waals surface area (Å²) in [5.74, 6) is 0.274. The van der Waals surface area contributed by atoms with Crippen LogP contribution in [0, 0.1) is 0 Å². The summed E-state index contributed by atoms with van der Waals surface area (Å²) < 4.78 is 20.8. The lowest BCUT2D eigenvalue weighted by Crippen LogP contribution is -2.15. The van der Waals surface area contributed by atoms with Crippen LogP contribution in [0.2, 0.25) is 0 Å². The van der Waals surface area contributed by atoms with Crippen LogP contribution in [0.4, 0.5) is 0 Å². The van der Waals surface area contributed by atoms with E-state index in [9.17, 15) is 14.7 Å². The third kappa shape index (κ3) is 3.06. The smallest absolute Gasteiger partial charge is 0.310 e. The van der Waals surface area contributed by atoms with E-state index in [2.05, 4.69) is 0 Å². The second-order valence-electron chi connectivity index (χ2n) is 5.77. The number of phenols is 1. The summed E-state index contributed by atoms with van der Waals surface area (Å²) >= 11 is 0. The molecule has 2 heterocycles. The zero-order valence-corrected chi connectivity index (χ0v) is 13.6. The Kier molecular flexibility index (Phi) is 3.96. The molecule has 1 aromatic heterocycles. The highest BCUT2D eigenvalue weighted by Gasteiger charge is 2.18. The number of ketones is 1. The lowest BCUT2D eigenvalue weighted by molar-refractivity contribution is -0.141. The van der Waals surface area contributed by atoms with E-state index in [1.807, 2.05) is 0 Å². The van der Waals surface area contributed by atoms with Crippen molar-refractivity contribution in [1.29, 1.82) is 0 Å². The van der Waals surface area contributed by atoms with Gasteiger partial charge in [-0.15, -0.1) is 0 Å². The Hall–Kier alpha value is -3.48. The van der Waals surface area contributed by atoms with Gasteiger partial charge in [0.2, 0.25) is 6.79 Å². The van der Waals surface area contributed by atoms with Gasteiger partial charge in [-0.2, -0.15) is 0 Å². The number of esters is 1. The van der Waals surface area contributed by atoms with Gasteiger partial charge in [0.25, 0.3) is 0 Å². The molecule has 0 atom stereocenters. The maximum absolute atomic E-state index is 12.2. The molecule has 26 heavy (non-hydrogen) atoms. The Morgan fingerprint density at radius 3 is 2.81 bits per heavy atom. The normalized spacial score (nSPS) is 12.3. The van der Waals surface area contributed by atoms with E-state index >= 15 is 0 Å². The first-order valence-corrected chi connectivity index (χ1v) is 7.88. The van der Waals surface area contributed by atoms with Gasteiger partial charge in [0.05, 0.1) is 12.7 Å². The summed E-state index contributed by atoms with van der Waals surface area (Å²) in [4.78, 5) is 24.2. The zero-order chi connectivity index (χ0) is 18.1. The number of aromatic hydroxyl groups is 1. The van der Waals surface area contributed by atoms with Crippen molar-refractivity contribution in [3.05, 3.63) is 53.8 Å². The first-order valence-electron chi connectivity index (χ1n) is 7.88. The predicted octanol–water partition coefficient (Wildman–Crippen LogP) is 2.84. The van der Waals surface area contributed by atoms with Crippen molar-refractivity contribution in [2.45, 2.75) is 6.42 Å². The molecule has 7 heteroatoms. The van der Waals surface area contributed by atoms with Crippen LogP contribution in [0.25, 0.3) is 11.0 Å². The largest absolute Gasteiger partial charge is 0.508 e. The molecule has 0 saturated heterocycles. The van der Waals surface area contributed by atoms with E-state index in [1.165, 1.54) is 18.4 Å². The van der Waals surface area contributed by atoms with Crippen LogP contribution in [-0.4, -0.2) is 30.3 Å². The number of Topliss-reactive ketones (excluding diaryl/α,β-unsaturated/α-hetero) is 1. The molecule has 1 N–H and O–H groups in total. The molecule has 1 aliphatic heterocycles. The Balaban J connectivity index is 1.38. The number of phenolic OH excluding ortho intramolecular Hbond substituents is 1. The highest BCUT2D eigenvalue weighted by Crippen LogP contribution is 2.32. The van der Waals surface area contributed by atoms with Crippen LogP contribution < -0.4 is 9.47 Å². The summed E-state index contributed by atoms with van der Waals surface area (Å²) in [6, 6.07) is 9.44. The van der Waals surface area contributed by atoms with Gasteiger partial charge >= 0.3 is 5.97 Å². The summed E-state index contributed by atoms with van der Waals surface area (Å²) in [6.45, 7) is -0.243. The molecule has 0 fully saturated rings. The van der Waals surface area contributed by atoms with Crippen molar-refractivity contribution in [3.63, 3.8) is 0 Å².